The molecule has 4 heteroatoms. The van der Waals surface area contributed by atoms with E-state index in [0.29, 0.717) is 40.0 Å². The molecule has 0 aliphatic carbocycles. The van der Waals surface area contributed by atoms with E-state index >= 15 is 0 Å². The molecule has 0 atom stereocenters. The number of benzene rings is 2. The van der Waals surface area contributed by atoms with Crippen LogP contribution in [0.25, 0.3) is 21.9 Å². The first kappa shape index (κ1) is 12.5. The zero-order chi connectivity index (χ0) is 14.1. The van der Waals surface area contributed by atoms with Crippen LogP contribution in [0.5, 0.6) is 11.5 Å². The van der Waals surface area contributed by atoms with Crippen LogP contribution in [0.3, 0.4) is 0 Å². The van der Waals surface area contributed by atoms with E-state index in [9.17, 15) is 4.79 Å². The first-order chi connectivity index (χ1) is 9.76. The maximum atomic E-state index is 12.7. The van der Waals surface area contributed by atoms with Crippen molar-refractivity contribution in [2.45, 2.75) is 6.92 Å². The van der Waals surface area contributed by atoms with Gasteiger partial charge in [-0.05, 0) is 31.2 Å². The summed E-state index contributed by atoms with van der Waals surface area (Å²) in [5, 5.41) is 0.890. The van der Waals surface area contributed by atoms with Crippen molar-refractivity contribution in [2.24, 2.45) is 0 Å². The van der Waals surface area contributed by atoms with Gasteiger partial charge in [0.05, 0.1) is 13.7 Å². The molecule has 0 unspecified atom stereocenters. The van der Waals surface area contributed by atoms with Crippen LogP contribution < -0.4 is 14.9 Å². The summed E-state index contributed by atoms with van der Waals surface area (Å²) < 4.78 is 16.6. The molecular weight excluding hydrogens is 256 g/mol. The Morgan fingerprint density at radius 2 is 1.60 bits per heavy atom. The lowest BCUT2D eigenvalue weighted by atomic mass is 10.1. The molecule has 0 N–H and O–H groups in total. The smallest absolute Gasteiger partial charge is 0.208 e. The Morgan fingerprint density at radius 1 is 1.00 bits per heavy atom. The lowest BCUT2D eigenvalue weighted by Crippen LogP contribution is -2.06. The Balaban J connectivity index is 2.50. The van der Waals surface area contributed by atoms with Gasteiger partial charge in [0.25, 0.3) is 0 Å². The van der Waals surface area contributed by atoms with Crippen LogP contribution in [-0.4, -0.2) is 13.7 Å². The lowest BCUT2D eigenvalue weighted by Gasteiger charge is -2.09. The summed E-state index contributed by atoms with van der Waals surface area (Å²) >= 11 is 0. The molecule has 0 fully saturated rings. The predicted octanol–water partition coefficient (Wildman–Crippen LogP) is 3.35. The second-order valence-electron chi connectivity index (χ2n) is 4.33. The summed E-state index contributed by atoms with van der Waals surface area (Å²) in [6.45, 7) is 2.37. The highest BCUT2D eigenvalue weighted by Crippen LogP contribution is 2.29. The van der Waals surface area contributed by atoms with Gasteiger partial charge in [0.2, 0.25) is 5.43 Å². The third-order valence-electron chi connectivity index (χ3n) is 3.17. The van der Waals surface area contributed by atoms with Crippen molar-refractivity contribution in [3.8, 4) is 11.5 Å². The molecule has 0 saturated carbocycles. The third kappa shape index (κ3) is 1.81. The van der Waals surface area contributed by atoms with Crippen LogP contribution in [0.15, 0.2) is 45.6 Å². The normalized spacial score (nSPS) is 10.9. The Hall–Kier alpha value is -2.49. The Morgan fingerprint density at radius 3 is 2.20 bits per heavy atom. The highest BCUT2D eigenvalue weighted by atomic mass is 16.5. The minimum absolute atomic E-state index is 0.136. The molecule has 4 nitrogen and oxygen atoms in total. The molecular formula is C16H14O4. The van der Waals surface area contributed by atoms with E-state index in [1.54, 1.807) is 30.3 Å². The Bertz CT molecular complexity index is 833. The zero-order valence-electron chi connectivity index (χ0n) is 11.3. The molecule has 0 bridgehead atoms. The molecule has 0 aliphatic rings. The predicted molar refractivity (Wildman–Crippen MR) is 77.7 cm³/mol. The van der Waals surface area contributed by atoms with Crippen molar-refractivity contribution < 1.29 is 13.9 Å². The quantitative estimate of drug-likeness (QED) is 0.685. The fourth-order valence-corrected chi connectivity index (χ4v) is 2.33. The molecule has 0 saturated heterocycles. The Kier molecular flexibility index (Phi) is 3.06. The number of hydrogen-bond donors (Lipinski definition) is 0. The van der Waals surface area contributed by atoms with Gasteiger partial charge in [0.15, 0.2) is 0 Å². The molecule has 20 heavy (non-hydrogen) atoms. The second-order valence-corrected chi connectivity index (χ2v) is 4.33. The minimum Gasteiger partial charge on any atom is -0.496 e. The fraction of sp³-hybridized carbons (Fsp3) is 0.188. The van der Waals surface area contributed by atoms with Gasteiger partial charge in [-0.2, -0.15) is 0 Å². The monoisotopic (exact) mass is 270 g/mol. The van der Waals surface area contributed by atoms with E-state index in [1.165, 1.54) is 7.11 Å². The van der Waals surface area contributed by atoms with Crippen molar-refractivity contribution in [3.05, 3.63) is 46.6 Å². The van der Waals surface area contributed by atoms with E-state index in [-0.39, 0.29) is 5.43 Å². The number of rotatable bonds is 3. The van der Waals surface area contributed by atoms with Crippen LogP contribution >= 0.6 is 0 Å². The number of fused-ring (bicyclic) bond motifs is 2. The van der Waals surface area contributed by atoms with Crippen molar-refractivity contribution in [1.82, 2.24) is 0 Å². The highest BCUT2D eigenvalue weighted by Gasteiger charge is 2.15. The first-order valence-electron chi connectivity index (χ1n) is 6.41. The average Bonchev–Trinajstić information content (AvgIpc) is 2.47. The molecule has 1 heterocycles. The molecule has 2 aromatic carbocycles. The van der Waals surface area contributed by atoms with Crippen LogP contribution in [0.2, 0.25) is 0 Å². The van der Waals surface area contributed by atoms with Crippen molar-refractivity contribution >= 4 is 21.9 Å². The highest BCUT2D eigenvalue weighted by molar-refractivity contribution is 5.95. The van der Waals surface area contributed by atoms with Crippen LogP contribution in [0.4, 0.5) is 0 Å². The summed E-state index contributed by atoms with van der Waals surface area (Å²) in [4.78, 5) is 12.7. The first-order valence-corrected chi connectivity index (χ1v) is 6.41. The van der Waals surface area contributed by atoms with Crippen LogP contribution in [0, 0.1) is 0 Å². The summed E-state index contributed by atoms with van der Waals surface area (Å²) in [5.74, 6) is 1.04. The maximum Gasteiger partial charge on any atom is 0.208 e. The lowest BCUT2D eigenvalue weighted by molar-refractivity contribution is 0.344. The molecule has 3 aromatic rings. The fourth-order valence-electron chi connectivity index (χ4n) is 2.33. The molecule has 1 aromatic heterocycles. The van der Waals surface area contributed by atoms with Crippen molar-refractivity contribution in [1.29, 1.82) is 0 Å². The van der Waals surface area contributed by atoms with Gasteiger partial charge in [-0.3, -0.25) is 4.79 Å². The summed E-state index contributed by atoms with van der Waals surface area (Å²) in [7, 11) is 1.53. The molecule has 3 rings (SSSR count). The number of hydrogen-bond acceptors (Lipinski definition) is 4. The van der Waals surface area contributed by atoms with E-state index in [1.807, 2.05) is 13.0 Å². The number of ether oxygens (including phenoxy) is 2. The third-order valence-corrected chi connectivity index (χ3v) is 3.17. The van der Waals surface area contributed by atoms with Gasteiger partial charge in [-0.25, -0.2) is 0 Å². The topological polar surface area (TPSA) is 48.7 Å². The largest absolute Gasteiger partial charge is 0.496 e. The van der Waals surface area contributed by atoms with E-state index in [4.69, 9.17) is 13.9 Å². The minimum atomic E-state index is -0.136. The van der Waals surface area contributed by atoms with Crippen molar-refractivity contribution in [3.63, 3.8) is 0 Å². The SMILES string of the molecule is CCOc1cccc2oc3cccc(OC)c3c(=O)c12. The molecule has 0 aliphatic heterocycles. The second kappa shape index (κ2) is 4.89. The molecule has 0 amide bonds. The van der Waals surface area contributed by atoms with Gasteiger partial charge < -0.3 is 13.9 Å². The van der Waals surface area contributed by atoms with Crippen LogP contribution in [-0.2, 0) is 0 Å². The van der Waals surface area contributed by atoms with Gasteiger partial charge in [-0.1, -0.05) is 12.1 Å². The zero-order valence-corrected chi connectivity index (χ0v) is 11.3. The van der Waals surface area contributed by atoms with Gasteiger partial charge in [-0.15, -0.1) is 0 Å². The maximum absolute atomic E-state index is 12.7. The average molecular weight is 270 g/mol. The summed E-state index contributed by atoms with van der Waals surface area (Å²) in [6.07, 6.45) is 0. The van der Waals surface area contributed by atoms with Crippen LogP contribution in [0.1, 0.15) is 6.92 Å². The molecule has 0 spiro atoms. The summed E-state index contributed by atoms with van der Waals surface area (Å²) in [6, 6.07) is 10.6. The number of methoxy groups -OCH3 is 1. The van der Waals surface area contributed by atoms with Gasteiger partial charge >= 0.3 is 0 Å². The summed E-state index contributed by atoms with van der Waals surface area (Å²) in [5.41, 5.74) is 0.889. The van der Waals surface area contributed by atoms with Gasteiger partial charge in [0, 0.05) is 0 Å². The van der Waals surface area contributed by atoms with E-state index in [0.717, 1.165) is 0 Å². The van der Waals surface area contributed by atoms with Crippen molar-refractivity contribution in [2.75, 3.05) is 13.7 Å². The molecule has 0 radical (unpaired) electrons. The standard InChI is InChI=1S/C16H14O4/c1-3-19-11-7-5-9-13-15(11)16(17)14-10(18-2)6-4-8-12(14)20-13/h4-9H,3H2,1-2H3. The van der Waals surface area contributed by atoms with Gasteiger partial charge in [0.1, 0.15) is 33.4 Å². The Labute approximate surface area is 115 Å². The van der Waals surface area contributed by atoms with E-state index in [2.05, 4.69) is 0 Å². The molecule has 102 valence electrons. The van der Waals surface area contributed by atoms with E-state index < -0.39 is 0 Å².